The molecule has 0 spiro atoms. The second kappa shape index (κ2) is 11.0. The Morgan fingerprint density at radius 2 is 1.71 bits per heavy atom. The van der Waals surface area contributed by atoms with E-state index in [9.17, 15) is 0 Å². The maximum atomic E-state index is 6.52. The number of furan rings is 1. The van der Waals surface area contributed by atoms with Crippen LogP contribution in [0.5, 0.6) is 5.75 Å². The number of hydrogen-bond donors (Lipinski definition) is 2. The molecule has 1 fully saturated rings. The Morgan fingerprint density at radius 1 is 0.943 bits per heavy atom. The molecule has 0 saturated carbocycles. The van der Waals surface area contributed by atoms with Crippen molar-refractivity contribution in [3.8, 4) is 28.2 Å². The largest absolute Gasteiger partial charge is 0.492 e. The Morgan fingerprint density at radius 3 is 2.46 bits per heavy atom. The van der Waals surface area contributed by atoms with Crippen molar-refractivity contribution in [2.24, 2.45) is 11.5 Å². The smallest absolute Gasteiger partial charge is 0.227 e. The van der Waals surface area contributed by atoms with Crippen LogP contribution in [0.3, 0.4) is 0 Å². The number of hydrogen-bond acceptors (Lipinski definition) is 6. The van der Waals surface area contributed by atoms with Crippen molar-refractivity contribution in [2.75, 3.05) is 32.8 Å². The van der Waals surface area contributed by atoms with E-state index >= 15 is 0 Å². The van der Waals surface area contributed by atoms with Crippen molar-refractivity contribution in [3.63, 3.8) is 0 Å². The summed E-state index contributed by atoms with van der Waals surface area (Å²) in [6.07, 6.45) is 6.39. The van der Waals surface area contributed by atoms with E-state index in [4.69, 9.17) is 20.6 Å². The highest BCUT2D eigenvalue weighted by atomic mass is 16.5. The number of pyridine rings is 1. The molecule has 6 nitrogen and oxygen atoms in total. The Kier molecular flexibility index (Phi) is 7.42. The van der Waals surface area contributed by atoms with E-state index < -0.39 is 0 Å². The van der Waals surface area contributed by atoms with Crippen LogP contribution in [0, 0.1) is 0 Å². The van der Waals surface area contributed by atoms with Gasteiger partial charge in [0.2, 0.25) is 5.71 Å². The van der Waals surface area contributed by atoms with Crippen molar-refractivity contribution >= 4 is 11.1 Å². The van der Waals surface area contributed by atoms with Gasteiger partial charge in [0, 0.05) is 29.9 Å². The highest BCUT2D eigenvalue weighted by molar-refractivity contribution is 6.02. The Labute approximate surface area is 206 Å². The summed E-state index contributed by atoms with van der Waals surface area (Å²) in [4.78, 5) is 7.02. The number of ether oxygens (including phenoxy) is 1. The summed E-state index contributed by atoms with van der Waals surface area (Å²) in [5, 5.41) is 0.955. The number of nitrogens with zero attached hydrogens (tertiary/aromatic N) is 2. The molecule has 2 aromatic carbocycles. The van der Waals surface area contributed by atoms with Gasteiger partial charge in [-0.1, -0.05) is 36.8 Å². The topological polar surface area (TPSA) is 90.5 Å². The number of fused-ring (bicyclic) bond motifs is 1. The first-order chi connectivity index (χ1) is 17.2. The fraction of sp³-hybridized carbons (Fsp3) is 0.345. The van der Waals surface area contributed by atoms with Crippen LogP contribution in [-0.4, -0.2) is 42.7 Å². The minimum atomic E-state index is -0.186. The summed E-state index contributed by atoms with van der Waals surface area (Å²) in [7, 11) is 0. The summed E-state index contributed by atoms with van der Waals surface area (Å²) in [6.45, 7) is 4.56. The van der Waals surface area contributed by atoms with Crippen molar-refractivity contribution in [1.82, 2.24) is 9.88 Å². The quantitative estimate of drug-likeness (QED) is 0.342. The highest BCUT2D eigenvalue weighted by Crippen LogP contribution is 2.43. The first-order valence-corrected chi connectivity index (χ1v) is 12.6. The molecule has 35 heavy (non-hydrogen) atoms. The van der Waals surface area contributed by atoms with Crippen molar-refractivity contribution in [3.05, 3.63) is 72.4 Å². The Bertz CT molecular complexity index is 1230. The molecule has 182 valence electrons. The lowest BCUT2D eigenvalue weighted by atomic mass is 9.94. The van der Waals surface area contributed by atoms with Crippen LogP contribution in [0.15, 0.2) is 71.3 Å². The van der Waals surface area contributed by atoms with E-state index in [1.807, 2.05) is 36.4 Å². The molecule has 1 aliphatic rings. The molecule has 4 aromatic rings. The zero-order valence-electron chi connectivity index (χ0n) is 20.2. The zero-order valence-corrected chi connectivity index (χ0v) is 20.2. The molecule has 3 heterocycles. The van der Waals surface area contributed by atoms with Gasteiger partial charge in [-0.2, -0.15) is 0 Å². The van der Waals surface area contributed by atoms with E-state index in [0.717, 1.165) is 45.7 Å². The average molecular weight is 471 g/mol. The zero-order chi connectivity index (χ0) is 24.0. The Balaban J connectivity index is 1.46. The Hall–Kier alpha value is -3.19. The lowest BCUT2D eigenvalue weighted by Gasteiger charge is -2.26. The van der Waals surface area contributed by atoms with Crippen LogP contribution in [0.2, 0.25) is 0 Å². The number of nitrogens with two attached hydrogens (primary N) is 2. The second-order valence-corrected chi connectivity index (χ2v) is 9.21. The molecule has 1 unspecified atom stereocenters. The molecule has 2 aromatic heterocycles. The number of benzene rings is 2. The predicted octanol–water partition coefficient (Wildman–Crippen LogP) is 5.38. The molecule has 6 heteroatoms. The van der Waals surface area contributed by atoms with Crippen LogP contribution in [-0.2, 0) is 0 Å². The molecular weight excluding hydrogens is 436 g/mol. The third-order valence-corrected chi connectivity index (χ3v) is 6.81. The maximum Gasteiger partial charge on any atom is 0.227 e. The van der Waals surface area contributed by atoms with Gasteiger partial charge in [-0.3, -0.25) is 4.90 Å². The van der Waals surface area contributed by atoms with Gasteiger partial charge in [-0.15, -0.1) is 0 Å². The summed E-state index contributed by atoms with van der Waals surface area (Å²) in [5.74, 6) is 1.65. The van der Waals surface area contributed by atoms with Crippen molar-refractivity contribution in [1.29, 1.82) is 0 Å². The average Bonchev–Trinajstić information content (AvgIpc) is 3.30. The molecule has 0 radical (unpaired) electrons. The third kappa shape index (κ3) is 5.25. The van der Waals surface area contributed by atoms with Gasteiger partial charge in [0.05, 0.1) is 5.39 Å². The van der Waals surface area contributed by atoms with Crippen LogP contribution >= 0.6 is 0 Å². The second-order valence-electron chi connectivity index (χ2n) is 9.21. The first kappa shape index (κ1) is 23.5. The van der Waals surface area contributed by atoms with Gasteiger partial charge in [-0.05, 0) is 80.4 Å². The van der Waals surface area contributed by atoms with Gasteiger partial charge in [0.25, 0.3) is 0 Å². The van der Waals surface area contributed by atoms with E-state index in [1.165, 1.54) is 32.4 Å². The summed E-state index contributed by atoms with van der Waals surface area (Å²) < 4.78 is 12.4. The number of likely N-dealkylation sites (tertiary alicyclic amines) is 1. The highest BCUT2D eigenvalue weighted by Gasteiger charge is 2.23. The molecule has 1 saturated heterocycles. The lowest BCUT2D eigenvalue weighted by Crippen LogP contribution is -2.33. The van der Waals surface area contributed by atoms with E-state index in [-0.39, 0.29) is 6.04 Å². The molecular formula is C29H34N4O2. The molecule has 5 rings (SSSR count). The van der Waals surface area contributed by atoms with Crippen molar-refractivity contribution < 1.29 is 9.15 Å². The van der Waals surface area contributed by atoms with Gasteiger partial charge in [0.1, 0.15) is 18.1 Å². The number of aromatic nitrogens is 1. The van der Waals surface area contributed by atoms with Crippen molar-refractivity contribution in [2.45, 2.75) is 31.7 Å². The summed E-state index contributed by atoms with van der Waals surface area (Å²) in [6, 6.07) is 20.2. The summed E-state index contributed by atoms with van der Waals surface area (Å²) in [5.41, 5.74) is 17.0. The molecule has 4 N–H and O–H groups in total. The lowest BCUT2D eigenvalue weighted by molar-refractivity contribution is 0.183. The van der Waals surface area contributed by atoms with E-state index in [0.29, 0.717) is 25.3 Å². The van der Waals surface area contributed by atoms with Gasteiger partial charge >= 0.3 is 0 Å². The maximum absolute atomic E-state index is 6.52. The van der Waals surface area contributed by atoms with Gasteiger partial charge < -0.3 is 20.6 Å². The van der Waals surface area contributed by atoms with E-state index in [1.54, 1.807) is 6.20 Å². The standard InChI is InChI=1S/C29H34N4O2/c30-15-13-25(31)24-14-16-32-29-27(24)26(21-7-3-1-4-8-21)28(35-29)22-9-11-23(12-10-22)34-20-19-33-17-5-2-6-18-33/h1,3-4,7-12,14,16,25H,2,5-6,13,15,17-20,30-31H2. The fourth-order valence-electron chi connectivity index (χ4n) is 4.95. The third-order valence-electron chi connectivity index (χ3n) is 6.81. The van der Waals surface area contributed by atoms with Gasteiger partial charge in [0.15, 0.2) is 0 Å². The molecule has 0 bridgehead atoms. The normalized spacial score (nSPS) is 15.4. The van der Waals surface area contributed by atoms with Crippen LogP contribution in [0.25, 0.3) is 33.6 Å². The van der Waals surface area contributed by atoms with E-state index in [2.05, 4.69) is 34.1 Å². The molecule has 1 aliphatic heterocycles. The number of piperidine rings is 1. The first-order valence-electron chi connectivity index (χ1n) is 12.6. The fourth-order valence-corrected chi connectivity index (χ4v) is 4.95. The minimum Gasteiger partial charge on any atom is -0.492 e. The van der Waals surface area contributed by atoms with Crippen LogP contribution in [0.4, 0.5) is 0 Å². The van der Waals surface area contributed by atoms with Crippen LogP contribution in [0.1, 0.15) is 37.3 Å². The molecule has 0 amide bonds. The summed E-state index contributed by atoms with van der Waals surface area (Å²) >= 11 is 0. The van der Waals surface area contributed by atoms with Gasteiger partial charge in [-0.25, -0.2) is 4.98 Å². The number of rotatable bonds is 9. The molecule has 0 aliphatic carbocycles. The van der Waals surface area contributed by atoms with Crippen LogP contribution < -0.4 is 16.2 Å². The molecule has 1 atom stereocenters. The monoisotopic (exact) mass is 470 g/mol. The minimum absolute atomic E-state index is 0.186. The predicted molar refractivity (Wildman–Crippen MR) is 141 cm³/mol. The SMILES string of the molecule is NCCC(N)c1ccnc2oc(-c3ccc(OCCN4CCCCC4)cc3)c(-c3ccccc3)c12.